The van der Waals surface area contributed by atoms with Crippen molar-refractivity contribution in [1.82, 2.24) is 0 Å². The normalized spacial score (nSPS) is 38.1. The first kappa shape index (κ1) is 11.3. The molecule has 0 saturated heterocycles. The van der Waals surface area contributed by atoms with E-state index in [2.05, 4.69) is 5.32 Å². The van der Waals surface area contributed by atoms with Crippen molar-refractivity contribution in [2.24, 2.45) is 29.6 Å². The Kier molecular flexibility index (Phi) is 2.23. The predicted octanol–water partition coefficient (Wildman–Crippen LogP) is 2.81. The molecule has 0 spiro atoms. The largest absolute Gasteiger partial charge is 0.397 e. The first-order valence-corrected chi connectivity index (χ1v) is 7.32. The standard InChI is InChI=1S/C16H20N2O/c1-8-2-5-11(17)12(6-8)18-16(19)15-13-9-3-4-10(7-9)14(13)15/h2,5-6,9-10,13-15H,3-4,7,17H2,1H3,(H,18,19). The first-order valence-electron chi connectivity index (χ1n) is 7.32. The zero-order valence-corrected chi connectivity index (χ0v) is 11.2. The minimum atomic E-state index is 0.198. The fourth-order valence-electron chi connectivity index (χ4n) is 4.67. The van der Waals surface area contributed by atoms with Crippen LogP contribution in [-0.2, 0) is 4.79 Å². The highest BCUT2D eigenvalue weighted by atomic mass is 16.2. The second-order valence-corrected chi connectivity index (χ2v) is 6.59. The molecule has 4 unspecified atom stereocenters. The predicted molar refractivity (Wildman–Crippen MR) is 75.5 cm³/mol. The third kappa shape index (κ3) is 1.60. The van der Waals surface area contributed by atoms with Gasteiger partial charge < -0.3 is 11.1 Å². The van der Waals surface area contributed by atoms with E-state index in [9.17, 15) is 4.79 Å². The highest BCUT2D eigenvalue weighted by Crippen LogP contribution is 2.69. The summed E-state index contributed by atoms with van der Waals surface area (Å²) in [6.07, 6.45) is 4.08. The van der Waals surface area contributed by atoms with Gasteiger partial charge in [0.25, 0.3) is 0 Å². The van der Waals surface area contributed by atoms with Crippen LogP contribution in [0.1, 0.15) is 24.8 Å². The topological polar surface area (TPSA) is 55.1 Å². The van der Waals surface area contributed by atoms with E-state index in [0.29, 0.717) is 17.5 Å². The number of rotatable bonds is 2. The number of benzene rings is 1. The van der Waals surface area contributed by atoms with Crippen molar-refractivity contribution in [2.75, 3.05) is 11.1 Å². The van der Waals surface area contributed by atoms with Crippen LogP contribution < -0.4 is 11.1 Å². The lowest BCUT2D eigenvalue weighted by atomic mass is 10.0. The van der Waals surface area contributed by atoms with Gasteiger partial charge in [-0.2, -0.15) is 0 Å². The van der Waals surface area contributed by atoms with Crippen LogP contribution in [-0.4, -0.2) is 5.91 Å². The minimum Gasteiger partial charge on any atom is -0.397 e. The molecule has 0 aliphatic heterocycles. The van der Waals surface area contributed by atoms with E-state index in [0.717, 1.165) is 23.1 Å². The highest BCUT2D eigenvalue weighted by molar-refractivity contribution is 5.97. The lowest BCUT2D eigenvalue weighted by Gasteiger charge is -2.11. The summed E-state index contributed by atoms with van der Waals surface area (Å²) < 4.78 is 0. The van der Waals surface area contributed by atoms with E-state index in [1.165, 1.54) is 19.3 Å². The zero-order chi connectivity index (χ0) is 13.1. The maximum atomic E-state index is 12.4. The number of nitrogens with one attached hydrogen (secondary N) is 1. The van der Waals surface area contributed by atoms with E-state index in [1.807, 2.05) is 25.1 Å². The quantitative estimate of drug-likeness (QED) is 0.799. The van der Waals surface area contributed by atoms with Gasteiger partial charge in [0.2, 0.25) is 5.91 Å². The van der Waals surface area contributed by atoms with E-state index in [4.69, 9.17) is 5.73 Å². The van der Waals surface area contributed by atoms with Crippen LogP contribution >= 0.6 is 0 Å². The van der Waals surface area contributed by atoms with Crippen molar-refractivity contribution in [3.8, 4) is 0 Å². The fourth-order valence-corrected chi connectivity index (χ4v) is 4.67. The molecule has 2 bridgehead atoms. The van der Waals surface area contributed by atoms with Crippen molar-refractivity contribution in [1.29, 1.82) is 0 Å². The van der Waals surface area contributed by atoms with Gasteiger partial charge in [-0.15, -0.1) is 0 Å². The number of hydrogen-bond acceptors (Lipinski definition) is 2. The SMILES string of the molecule is Cc1ccc(N)c(NC(=O)C2C3C4CCC(C4)C23)c1. The summed E-state index contributed by atoms with van der Waals surface area (Å²) in [5.74, 6) is 3.51. The molecule has 4 atom stereocenters. The molecule has 0 radical (unpaired) electrons. The Bertz CT molecular complexity index is 538. The number of nitrogen functional groups attached to an aromatic ring is 1. The Balaban J connectivity index is 1.50. The summed E-state index contributed by atoms with van der Waals surface area (Å²) in [5, 5.41) is 3.05. The molecule has 3 fully saturated rings. The molecule has 4 rings (SSSR count). The number of amides is 1. The van der Waals surface area contributed by atoms with Crippen molar-refractivity contribution in [3.63, 3.8) is 0 Å². The van der Waals surface area contributed by atoms with Crippen LogP contribution in [0.15, 0.2) is 18.2 Å². The van der Waals surface area contributed by atoms with Gasteiger partial charge in [-0.25, -0.2) is 0 Å². The first-order chi connectivity index (χ1) is 9.15. The lowest BCUT2D eigenvalue weighted by Crippen LogP contribution is -2.19. The summed E-state index contributed by atoms with van der Waals surface area (Å²) in [5.41, 5.74) is 8.49. The minimum absolute atomic E-state index is 0.198. The Hall–Kier alpha value is -1.51. The van der Waals surface area contributed by atoms with Crippen LogP contribution in [0.25, 0.3) is 0 Å². The molecular formula is C16H20N2O. The van der Waals surface area contributed by atoms with Gasteiger partial charge in [-0.05, 0) is 67.6 Å². The summed E-state index contributed by atoms with van der Waals surface area (Å²) >= 11 is 0. The van der Waals surface area contributed by atoms with Gasteiger partial charge >= 0.3 is 0 Å². The average molecular weight is 256 g/mol. The van der Waals surface area contributed by atoms with Gasteiger partial charge in [0, 0.05) is 5.92 Å². The van der Waals surface area contributed by atoms with Gasteiger partial charge in [0.05, 0.1) is 11.4 Å². The summed E-state index contributed by atoms with van der Waals surface area (Å²) in [6, 6.07) is 5.79. The molecular weight excluding hydrogens is 236 g/mol. The van der Waals surface area contributed by atoms with Crippen molar-refractivity contribution in [2.45, 2.75) is 26.2 Å². The van der Waals surface area contributed by atoms with Crippen LogP contribution in [0.3, 0.4) is 0 Å². The molecule has 1 amide bonds. The monoisotopic (exact) mass is 256 g/mol. The van der Waals surface area contributed by atoms with Crippen molar-refractivity contribution >= 4 is 17.3 Å². The molecule has 1 aromatic rings. The van der Waals surface area contributed by atoms with Gasteiger partial charge in [0.1, 0.15) is 0 Å². The Morgan fingerprint density at radius 2 is 1.95 bits per heavy atom. The molecule has 3 nitrogen and oxygen atoms in total. The van der Waals surface area contributed by atoms with Gasteiger partial charge in [0.15, 0.2) is 0 Å². The smallest absolute Gasteiger partial charge is 0.228 e. The maximum Gasteiger partial charge on any atom is 0.228 e. The number of carbonyl (C=O) groups excluding carboxylic acids is 1. The van der Waals surface area contributed by atoms with Crippen molar-refractivity contribution in [3.05, 3.63) is 23.8 Å². The van der Waals surface area contributed by atoms with Crippen LogP contribution in [0.5, 0.6) is 0 Å². The zero-order valence-electron chi connectivity index (χ0n) is 11.2. The third-order valence-corrected chi connectivity index (χ3v) is 5.50. The highest BCUT2D eigenvalue weighted by Gasteiger charge is 2.67. The lowest BCUT2D eigenvalue weighted by molar-refractivity contribution is -0.118. The van der Waals surface area contributed by atoms with Crippen LogP contribution in [0, 0.1) is 36.5 Å². The Labute approximate surface area is 113 Å². The van der Waals surface area contributed by atoms with E-state index < -0.39 is 0 Å². The number of nitrogens with two attached hydrogens (primary N) is 1. The molecule has 3 saturated carbocycles. The van der Waals surface area contributed by atoms with Gasteiger partial charge in [-0.1, -0.05) is 6.07 Å². The molecule has 1 aromatic carbocycles. The van der Waals surface area contributed by atoms with Crippen LogP contribution in [0.2, 0.25) is 0 Å². The molecule has 3 aliphatic rings. The summed E-state index contributed by atoms with van der Waals surface area (Å²) in [6.45, 7) is 2.02. The van der Waals surface area contributed by atoms with E-state index in [1.54, 1.807) is 0 Å². The number of carbonyl (C=O) groups is 1. The number of fused-ring (bicyclic) bond motifs is 5. The van der Waals surface area contributed by atoms with E-state index in [-0.39, 0.29) is 11.8 Å². The third-order valence-electron chi connectivity index (χ3n) is 5.50. The molecule has 100 valence electrons. The second-order valence-electron chi connectivity index (χ2n) is 6.59. The molecule has 3 N–H and O–H groups in total. The number of anilines is 2. The maximum absolute atomic E-state index is 12.4. The Morgan fingerprint density at radius 1 is 1.26 bits per heavy atom. The number of aryl methyl sites for hydroxylation is 1. The summed E-state index contributed by atoms with van der Waals surface area (Å²) in [4.78, 5) is 12.4. The number of hydrogen-bond donors (Lipinski definition) is 2. The molecule has 0 aromatic heterocycles. The molecule has 3 aliphatic carbocycles. The second kappa shape index (κ2) is 3.75. The van der Waals surface area contributed by atoms with Gasteiger partial charge in [-0.3, -0.25) is 4.79 Å². The van der Waals surface area contributed by atoms with Crippen LogP contribution in [0.4, 0.5) is 11.4 Å². The molecule has 0 heterocycles. The fraction of sp³-hybridized carbons (Fsp3) is 0.562. The average Bonchev–Trinajstić information content (AvgIpc) is 2.83. The summed E-state index contributed by atoms with van der Waals surface area (Å²) in [7, 11) is 0. The molecule has 3 heteroatoms. The Morgan fingerprint density at radius 3 is 2.63 bits per heavy atom. The van der Waals surface area contributed by atoms with Crippen molar-refractivity contribution < 1.29 is 4.79 Å². The van der Waals surface area contributed by atoms with E-state index >= 15 is 0 Å². The molecule has 19 heavy (non-hydrogen) atoms.